The van der Waals surface area contributed by atoms with Crippen LogP contribution in [0.15, 0.2) is 30.5 Å². The fourth-order valence-corrected chi connectivity index (χ4v) is 3.95. The molecule has 6 nitrogen and oxygen atoms in total. The van der Waals surface area contributed by atoms with Crippen LogP contribution in [0.2, 0.25) is 5.02 Å². The van der Waals surface area contributed by atoms with Crippen LogP contribution in [0, 0.1) is 11.6 Å². The van der Waals surface area contributed by atoms with Crippen molar-refractivity contribution >= 4 is 23.4 Å². The smallest absolute Gasteiger partial charge is 0.318 e. The van der Waals surface area contributed by atoms with Gasteiger partial charge in [0.05, 0.1) is 11.1 Å². The summed E-state index contributed by atoms with van der Waals surface area (Å²) in [5.41, 5.74) is 0.0702. The highest BCUT2D eigenvalue weighted by Crippen LogP contribution is 2.32. The van der Waals surface area contributed by atoms with Crippen molar-refractivity contribution in [1.29, 1.82) is 0 Å². The van der Waals surface area contributed by atoms with E-state index in [9.17, 15) is 13.6 Å². The monoisotopic (exact) mass is 421 g/mol. The van der Waals surface area contributed by atoms with Crippen LogP contribution in [-0.2, 0) is 6.54 Å². The summed E-state index contributed by atoms with van der Waals surface area (Å²) < 4.78 is 27.6. The molecular formula is C20H22ClF2N5O. The summed E-state index contributed by atoms with van der Waals surface area (Å²) >= 11 is 5.59. The van der Waals surface area contributed by atoms with E-state index in [1.165, 1.54) is 0 Å². The Labute approximate surface area is 172 Å². The number of nitrogens with one attached hydrogen (secondary N) is 1. The van der Waals surface area contributed by atoms with Crippen molar-refractivity contribution in [2.75, 3.05) is 18.0 Å². The van der Waals surface area contributed by atoms with Gasteiger partial charge in [0.25, 0.3) is 0 Å². The number of hydrogen-bond acceptors (Lipinski definition) is 4. The molecule has 2 amide bonds. The van der Waals surface area contributed by atoms with E-state index in [1.54, 1.807) is 6.20 Å². The number of benzene rings is 1. The maximum atomic E-state index is 14.0. The molecule has 4 rings (SSSR count). The maximum absolute atomic E-state index is 14.0. The first-order valence-electron chi connectivity index (χ1n) is 9.75. The molecule has 2 aromatic rings. The van der Waals surface area contributed by atoms with Crippen LogP contribution in [0.1, 0.15) is 31.2 Å². The van der Waals surface area contributed by atoms with Gasteiger partial charge in [0.15, 0.2) is 5.82 Å². The summed E-state index contributed by atoms with van der Waals surface area (Å²) in [7, 11) is 0. The lowest BCUT2D eigenvalue weighted by Crippen LogP contribution is -2.54. The molecule has 2 aliphatic rings. The van der Waals surface area contributed by atoms with Gasteiger partial charge in [-0.05, 0) is 49.9 Å². The Morgan fingerprint density at radius 2 is 2.07 bits per heavy atom. The third-order valence-corrected chi connectivity index (χ3v) is 5.66. The number of piperidine rings is 1. The molecule has 2 heterocycles. The van der Waals surface area contributed by atoms with Crippen molar-refractivity contribution in [3.8, 4) is 0 Å². The number of urea groups is 1. The van der Waals surface area contributed by atoms with E-state index in [2.05, 4.69) is 20.4 Å². The van der Waals surface area contributed by atoms with Gasteiger partial charge >= 0.3 is 6.03 Å². The van der Waals surface area contributed by atoms with Gasteiger partial charge in [0, 0.05) is 37.4 Å². The first-order chi connectivity index (χ1) is 14.0. The molecule has 154 valence electrons. The minimum atomic E-state index is -0.705. The van der Waals surface area contributed by atoms with Crippen LogP contribution in [0.25, 0.3) is 0 Å². The van der Waals surface area contributed by atoms with Crippen LogP contribution in [0.4, 0.5) is 19.4 Å². The Morgan fingerprint density at radius 3 is 2.79 bits per heavy atom. The van der Waals surface area contributed by atoms with Crippen molar-refractivity contribution in [3.63, 3.8) is 0 Å². The summed E-state index contributed by atoms with van der Waals surface area (Å²) in [6.45, 7) is 1.44. The molecule has 29 heavy (non-hydrogen) atoms. The van der Waals surface area contributed by atoms with E-state index in [1.807, 2.05) is 17.0 Å². The Morgan fingerprint density at radius 1 is 1.24 bits per heavy atom. The molecule has 1 aliphatic carbocycles. The number of carbonyl (C=O) groups excluding carboxylic acids is 1. The quantitative estimate of drug-likeness (QED) is 0.747. The normalized spacial score (nSPS) is 19.1. The van der Waals surface area contributed by atoms with Gasteiger partial charge in [0.1, 0.15) is 11.6 Å². The van der Waals surface area contributed by atoms with Crippen LogP contribution >= 0.6 is 11.6 Å². The second-order valence-electron chi connectivity index (χ2n) is 7.48. The average Bonchev–Trinajstić information content (AvgIpc) is 3.56. The number of hydrogen-bond donors (Lipinski definition) is 1. The van der Waals surface area contributed by atoms with Crippen LogP contribution < -0.4 is 10.2 Å². The zero-order valence-corrected chi connectivity index (χ0v) is 16.6. The van der Waals surface area contributed by atoms with Crippen LogP contribution in [0.3, 0.4) is 0 Å². The number of halogens is 3. The first kappa shape index (κ1) is 19.8. The van der Waals surface area contributed by atoms with Crippen LogP contribution in [0.5, 0.6) is 0 Å². The van der Waals surface area contributed by atoms with Gasteiger partial charge in [-0.15, -0.1) is 5.10 Å². The van der Waals surface area contributed by atoms with Crippen molar-refractivity contribution < 1.29 is 13.6 Å². The fourth-order valence-electron chi connectivity index (χ4n) is 3.80. The van der Waals surface area contributed by atoms with Gasteiger partial charge < -0.3 is 15.1 Å². The molecule has 0 spiro atoms. The summed E-state index contributed by atoms with van der Waals surface area (Å²) in [5, 5.41) is 10.6. The number of anilines is 1. The third kappa shape index (κ3) is 4.58. The lowest BCUT2D eigenvalue weighted by Gasteiger charge is -2.40. The predicted molar refractivity (Wildman–Crippen MR) is 106 cm³/mol. The second kappa shape index (κ2) is 8.49. The van der Waals surface area contributed by atoms with Gasteiger partial charge in [-0.1, -0.05) is 11.6 Å². The number of carbonyl (C=O) groups is 1. The second-order valence-corrected chi connectivity index (χ2v) is 7.89. The Balaban J connectivity index is 1.43. The maximum Gasteiger partial charge on any atom is 0.318 e. The van der Waals surface area contributed by atoms with Gasteiger partial charge in [-0.3, -0.25) is 0 Å². The van der Waals surface area contributed by atoms with E-state index >= 15 is 0 Å². The van der Waals surface area contributed by atoms with Crippen molar-refractivity contribution in [3.05, 3.63) is 52.7 Å². The molecule has 0 bridgehead atoms. The lowest BCUT2D eigenvalue weighted by molar-refractivity contribution is 0.160. The average molecular weight is 422 g/mol. The van der Waals surface area contributed by atoms with E-state index in [0.717, 1.165) is 50.2 Å². The highest BCUT2D eigenvalue weighted by atomic mass is 35.5. The molecule has 2 fully saturated rings. The van der Waals surface area contributed by atoms with E-state index in [4.69, 9.17) is 11.6 Å². The molecule has 1 aromatic heterocycles. The predicted octanol–water partition coefficient (Wildman–Crippen LogP) is 3.75. The minimum absolute atomic E-state index is 0.0325. The number of aromatic nitrogens is 2. The third-order valence-electron chi connectivity index (χ3n) is 5.37. The van der Waals surface area contributed by atoms with Gasteiger partial charge in [-0.2, -0.15) is 5.10 Å². The summed E-state index contributed by atoms with van der Waals surface area (Å²) in [6.07, 6.45) is 5.38. The Kier molecular flexibility index (Phi) is 5.80. The molecule has 1 saturated heterocycles. The highest BCUT2D eigenvalue weighted by Gasteiger charge is 2.39. The van der Waals surface area contributed by atoms with Gasteiger partial charge in [0.2, 0.25) is 0 Å². The SMILES string of the molecule is O=C(NCc1cc(F)c(Cl)cc1F)N(C1CC1)[C@@H]1CCCN(c2cccnn2)C1. The highest BCUT2D eigenvalue weighted by molar-refractivity contribution is 6.30. The molecular weight excluding hydrogens is 400 g/mol. The molecule has 1 N–H and O–H groups in total. The molecule has 0 unspecified atom stereocenters. The van der Waals surface area contributed by atoms with Crippen molar-refractivity contribution in [1.82, 2.24) is 20.4 Å². The van der Waals surface area contributed by atoms with Crippen molar-refractivity contribution in [2.45, 2.75) is 44.3 Å². The minimum Gasteiger partial charge on any atom is -0.353 e. The van der Waals surface area contributed by atoms with E-state index < -0.39 is 11.6 Å². The molecule has 9 heteroatoms. The van der Waals surface area contributed by atoms with E-state index in [-0.39, 0.29) is 35.2 Å². The largest absolute Gasteiger partial charge is 0.353 e. The zero-order chi connectivity index (χ0) is 20.4. The Hall–Kier alpha value is -2.48. The summed E-state index contributed by atoms with van der Waals surface area (Å²) in [6, 6.07) is 5.67. The number of rotatable bonds is 5. The summed E-state index contributed by atoms with van der Waals surface area (Å²) in [4.78, 5) is 16.9. The molecule has 1 aliphatic heterocycles. The standard InChI is InChI=1S/C20H22ClF2N5O/c21-16-10-17(22)13(9-18(16)23)11-24-20(29)28(14-5-6-14)15-3-2-8-27(12-15)19-4-1-7-25-26-19/h1,4,7,9-10,14-15H,2-3,5-6,8,11-12H2,(H,24,29)/t15-/m1/s1. The molecule has 1 aromatic carbocycles. The number of amides is 2. The first-order valence-corrected chi connectivity index (χ1v) is 10.1. The lowest BCUT2D eigenvalue weighted by atomic mass is 10.0. The summed E-state index contributed by atoms with van der Waals surface area (Å²) in [5.74, 6) is -0.545. The van der Waals surface area contributed by atoms with Crippen molar-refractivity contribution in [2.24, 2.45) is 0 Å². The molecule has 0 radical (unpaired) electrons. The molecule has 1 saturated carbocycles. The van der Waals surface area contributed by atoms with Gasteiger partial charge in [-0.25, -0.2) is 13.6 Å². The van der Waals surface area contributed by atoms with E-state index in [0.29, 0.717) is 6.54 Å². The number of nitrogens with zero attached hydrogens (tertiary/aromatic N) is 4. The van der Waals surface area contributed by atoms with Crippen LogP contribution in [-0.4, -0.2) is 46.3 Å². The zero-order valence-electron chi connectivity index (χ0n) is 15.8. The fraction of sp³-hybridized carbons (Fsp3) is 0.450. The Bertz CT molecular complexity index is 881. The topological polar surface area (TPSA) is 61.4 Å². The molecule has 1 atom stereocenters.